The van der Waals surface area contributed by atoms with Crippen LogP contribution in [0.15, 0.2) is 80.0 Å². The van der Waals surface area contributed by atoms with E-state index >= 15 is 0 Å². The molecule has 0 saturated carbocycles. The van der Waals surface area contributed by atoms with Crippen molar-refractivity contribution in [2.75, 3.05) is 10.0 Å². The number of aromatic nitrogens is 1. The van der Waals surface area contributed by atoms with E-state index in [1.807, 2.05) is 0 Å². The molecule has 4 rings (SSSR count). The van der Waals surface area contributed by atoms with Crippen LogP contribution in [-0.4, -0.2) is 19.3 Å². The maximum absolute atomic E-state index is 12.5. The summed E-state index contributed by atoms with van der Waals surface area (Å²) in [5, 5.41) is 5.04. The highest BCUT2D eigenvalue weighted by atomic mass is 79.9. The van der Waals surface area contributed by atoms with Crippen molar-refractivity contribution >= 4 is 65.6 Å². The van der Waals surface area contributed by atoms with E-state index in [0.717, 1.165) is 4.47 Å². The average Bonchev–Trinajstić information content (AvgIpc) is 3.45. The molecule has 0 aliphatic rings. The standard InChI is InChI=1S/C21H15BrClN3O5S2/c22-13-1-7-18(17(23)11-13)30-12-15-4-8-19(31-15)20(27)25-14-2-5-16(6-3-14)33(28,29)26-21-24-9-10-32-21/h1-11H,12H2,(H,24,26)(H,25,27). The first-order valence-corrected chi connectivity index (χ1v) is 12.8. The number of ether oxygens (including phenoxy) is 1. The van der Waals surface area contributed by atoms with Crippen LogP contribution in [0, 0.1) is 0 Å². The van der Waals surface area contributed by atoms with Gasteiger partial charge in [-0.15, -0.1) is 11.3 Å². The number of rotatable bonds is 8. The van der Waals surface area contributed by atoms with Crippen LogP contribution in [0.5, 0.6) is 5.75 Å². The van der Waals surface area contributed by atoms with Crippen LogP contribution in [-0.2, 0) is 16.6 Å². The largest absolute Gasteiger partial charge is 0.484 e. The lowest BCUT2D eigenvalue weighted by atomic mass is 10.3. The summed E-state index contributed by atoms with van der Waals surface area (Å²) in [6.45, 7) is 0.0906. The van der Waals surface area contributed by atoms with Crippen LogP contribution in [0.1, 0.15) is 16.3 Å². The van der Waals surface area contributed by atoms with Gasteiger partial charge in [0.2, 0.25) is 0 Å². The molecule has 0 aliphatic carbocycles. The lowest BCUT2D eigenvalue weighted by Crippen LogP contribution is -2.13. The zero-order chi connectivity index (χ0) is 23.4. The van der Waals surface area contributed by atoms with Crippen molar-refractivity contribution in [3.8, 4) is 5.75 Å². The molecule has 0 radical (unpaired) electrons. The van der Waals surface area contributed by atoms with E-state index in [4.69, 9.17) is 20.8 Å². The molecule has 0 saturated heterocycles. The molecule has 0 bridgehead atoms. The summed E-state index contributed by atoms with van der Waals surface area (Å²) in [7, 11) is -3.77. The molecule has 1 amide bonds. The summed E-state index contributed by atoms with van der Waals surface area (Å²) in [4.78, 5) is 16.4. The second-order valence-electron chi connectivity index (χ2n) is 6.55. The van der Waals surface area contributed by atoms with Crippen LogP contribution in [0.2, 0.25) is 5.02 Å². The van der Waals surface area contributed by atoms with Crippen LogP contribution in [0.3, 0.4) is 0 Å². The van der Waals surface area contributed by atoms with Gasteiger partial charge in [0.1, 0.15) is 18.1 Å². The van der Waals surface area contributed by atoms with Crippen molar-refractivity contribution in [1.82, 2.24) is 4.98 Å². The number of carbonyl (C=O) groups is 1. The lowest BCUT2D eigenvalue weighted by molar-refractivity contribution is 0.0992. The number of sulfonamides is 1. The van der Waals surface area contributed by atoms with E-state index in [1.54, 1.807) is 29.6 Å². The third-order valence-electron chi connectivity index (χ3n) is 4.23. The molecule has 12 heteroatoms. The van der Waals surface area contributed by atoms with Gasteiger partial charge in [-0.05, 0) is 54.6 Å². The maximum Gasteiger partial charge on any atom is 0.291 e. The molecule has 2 N–H and O–H groups in total. The van der Waals surface area contributed by atoms with Gasteiger partial charge in [-0.1, -0.05) is 27.5 Å². The molecule has 2 aromatic heterocycles. The first-order chi connectivity index (χ1) is 15.8. The molecule has 170 valence electrons. The zero-order valence-corrected chi connectivity index (χ0v) is 20.6. The number of nitrogens with zero attached hydrogens (tertiary/aromatic N) is 1. The van der Waals surface area contributed by atoms with Crippen LogP contribution in [0.4, 0.5) is 10.8 Å². The molecule has 2 heterocycles. The number of hydrogen-bond acceptors (Lipinski definition) is 7. The number of halogens is 2. The number of anilines is 2. The lowest BCUT2D eigenvalue weighted by Gasteiger charge is -2.07. The summed E-state index contributed by atoms with van der Waals surface area (Å²) in [5.74, 6) is 0.521. The van der Waals surface area contributed by atoms with Crippen LogP contribution >= 0.6 is 38.9 Å². The first kappa shape index (κ1) is 23.3. The minimum atomic E-state index is -3.77. The Kier molecular flexibility index (Phi) is 7.03. The molecule has 8 nitrogen and oxygen atoms in total. The van der Waals surface area contributed by atoms with E-state index < -0.39 is 15.9 Å². The fraction of sp³-hybridized carbons (Fsp3) is 0.0476. The van der Waals surface area contributed by atoms with Gasteiger partial charge in [0.05, 0.1) is 9.92 Å². The van der Waals surface area contributed by atoms with Crippen LogP contribution in [0.25, 0.3) is 0 Å². The fourth-order valence-corrected chi connectivity index (χ4v) is 5.19. The van der Waals surface area contributed by atoms with Crippen molar-refractivity contribution in [3.63, 3.8) is 0 Å². The predicted octanol–water partition coefficient (Wildman–Crippen LogP) is 5.78. The highest BCUT2D eigenvalue weighted by Crippen LogP contribution is 2.28. The number of furan rings is 1. The number of hydrogen-bond donors (Lipinski definition) is 2. The summed E-state index contributed by atoms with van der Waals surface area (Å²) in [6, 6.07) is 14.1. The predicted molar refractivity (Wildman–Crippen MR) is 130 cm³/mol. The maximum atomic E-state index is 12.5. The van der Waals surface area contributed by atoms with Gasteiger partial charge >= 0.3 is 0 Å². The fourth-order valence-electron chi connectivity index (χ4n) is 2.68. The van der Waals surface area contributed by atoms with Gasteiger partial charge in [-0.25, -0.2) is 13.4 Å². The molecular formula is C21H15BrClN3O5S2. The SMILES string of the molecule is O=C(Nc1ccc(S(=O)(=O)Nc2nccs2)cc1)c1ccc(COc2ccc(Br)cc2Cl)o1. The highest BCUT2D eigenvalue weighted by Gasteiger charge is 2.17. The smallest absolute Gasteiger partial charge is 0.291 e. The third kappa shape index (κ3) is 5.93. The van der Waals surface area contributed by atoms with Crippen molar-refractivity contribution in [1.29, 1.82) is 0 Å². The van der Waals surface area contributed by atoms with E-state index in [2.05, 4.69) is 31.0 Å². The second kappa shape index (κ2) is 9.96. The third-order valence-corrected chi connectivity index (χ3v) is 7.19. The van der Waals surface area contributed by atoms with Crippen molar-refractivity contribution in [2.45, 2.75) is 11.5 Å². The van der Waals surface area contributed by atoms with Gasteiger partial charge in [0.15, 0.2) is 10.9 Å². The molecule has 0 unspecified atom stereocenters. The van der Waals surface area contributed by atoms with Crippen molar-refractivity contribution in [3.05, 3.63) is 87.2 Å². The number of thiazole rings is 1. The average molecular weight is 569 g/mol. The monoisotopic (exact) mass is 567 g/mol. The van der Waals surface area contributed by atoms with E-state index in [1.165, 1.54) is 47.9 Å². The Bertz CT molecular complexity index is 1370. The van der Waals surface area contributed by atoms with Gasteiger partial charge in [-0.2, -0.15) is 0 Å². The summed E-state index contributed by atoms with van der Waals surface area (Å²) in [6.07, 6.45) is 1.50. The Labute approximate surface area is 206 Å². The topological polar surface area (TPSA) is 111 Å². The quantitative estimate of drug-likeness (QED) is 0.279. The van der Waals surface area contributed by atoms with Gasteiger partial charge in [0, 0.05) is 21.7 Å². The molecule has 0 aliphatic heterocycles. The summed E-state index contributed by atoms with van der Waals surface area (Å²) >= 11 is 10.6. The number of amides is 1. The first-order valence-electron chi connectivity index (χ1n) is 9.30. The molecular weight excluding hydrogens is 554 g/mol. The number of benzene rings is 2. The summed E-state index contributed by atoms with van der Waals surface area (Å²) in [5.41, 5.74) is 0.407. The van der Waals surface area contributed by atoms with Gasteiger partial charge in [-0.3, -0.25) is 9.52 Å². The number of carbonyl (C=O) groups excluding carboxylic acids is 1. The van der Waals surface area contributed by atoms with E-state index in [0.29, 0.717) is 22.2 Å². The normalized spacial score (nSPS) is 11.2. The van der Waals surface area contributed by atoms with E-state index in [9.17, 15) is 13.2 Å². The highest BCUT2D eigenvalue weighted by molar-refractivity contribution is 9.10. The Morgan fingerprint density at radius 1 is 1.15 bits per heavy atom. The molecule has 2 aromatic carbocycles. The van der Waals surface area contributed by atoms with Crippen molar-refractivity contribution < 1.29 is 22.4 Å². The minimum Gasteiger partial charge on any atom is -0.484 e. The molecule has 0 fully saturated rings. The minimum absolute atomic E-state index is 0.0414. The molecule has 4 aromatic rings. The molecule has 0 spiro atoms. The van der Waals surface area contributed by atoms with Crippen LogP contribution < -0.4 is 14.8 Å². The Hall–Kier alpha value is -2.86. The molecule has 33 heavy (non-hydrogen) atoms. The zero-order valence-electron chi connectivity index (χ0n) is 16.6. The second-order valence-corrected chi connectivity index (χ2v) is 10.5. The number of nitrogens with one attached hydrogen (secondary N) is 2. The summed E-state index contributed by atoms with van der Waals surface area (Å²) < 4.78 is 39.2. The Morgan fingerprint density at radius 3 is 2.64 bits per heavy atom. The Morgan fingerprint density at radius 2 is 1.94 bits per heavy atom. The van der Waals surface area contributed by atoms with Gasteiger partial charge < -0.3 is 14.5 Å². The Balaban J connectivity index is 1.36. The molecule has 0 atom stereocenters. The van der Waals surface area contributed by atoms with E-state index in [-0.39, 0.29) is 22.4 Å². The van der Waals surface area contributed by atoms with Crippen molar-refractivity contribution in [2.24, 2.45) is 0 Å². The van der Waals surface area contributed by atoms with Gasteiger partial charge in [0.25, 0.3) is 15.9 Å².